The number of rotatable bonds is 5. The molecular formula is C21H37N3O4S. The first-order chi connectivity index (χ1) is 14.0. The highest BCUT2D eigenvalue weighted by Crippen LogP contribution is 2.49. The van der Waals surface area contributed by atoms with E-state index >= 15 is 0 Å². The molecule has 0 bridgehead atoms. The lowest BCUT2D eigenvalue weighted by Crippen LogP contribution is -2.51. The first-order valence-electron chi connectivity index (χ1n) is 10.9. The van der Waals surface area contributed by atoms with E-state index in [2.05, 4.69) is 24.2 Å². The van der Waals surface area contributed by atoms with E-state index in [9.17, 15) is 9.59 Å². The maximum Gasteiger partial charge on any atom is 0.299 e. The van der Waals surface area contributed by atoms with Crippen molar-refractivity contribution in [3.05, 3.63) is 10.8 Å². The number of carbonyl (C=O) groups excluding carboxylic acids is 2. The van der Waals surface area contributed by atoms with Gasteiger partial charge in [-0.1, -0.05) is 20.8 Å². The molecular weight excluding hydrogens is 390 g/mol. The Bertz CT molecular complexity index is 600. The zero-order valence-electron chi connectivity index (χ0n) is 18.4. The van der Waals surface area contributed by atoms with Gasteiger partial charge in [0.05, 0.1) is 10.9 Å². The maximum atomic E-state index is 11.9. The second kappa shape index (κ2) is 11.3. The summed E-state index contributed by atoms with van der Waals surface area (Å²) in [5, 5.41) is 11.7. The van der Waals surface area contributed by atoms with Gasteiger partial charge in [0.1, 0.15) is 0 Å². The molecule has 7 nitrogen and oxygen atoms in total. The summed E-state index contributed by atoms with van der Waals surface area (Å²) in [7, 11) is 2.19. The van der Waals surface area contributed by atoms with Crippen LogP contribution in [0.3, 0.4) is 0 Å². The zero-order valence-corrected chi connectivity index (χ0v) is 19.2. The van der Waals surface area contributed by atoms with Crippen LogP contribution in [0.2, 0.25) is 0 Å². The fraction of sp³-hybridized carbons (Fsp3) is 0.810. The summed E-state index contributed by atoms with van der Waals surface area (Å²) in [6.45, 7) is 11.9. The highest BCUT2D eigenvalue weighted by Gasteiger charge is 2.51. The Morgan fingerprint density at radius 3 is 2.62 bits per heavy atom. The van der Waals surface area contributed by atoms with E-state index in [1.807, 2.05) is 25.6 Å². The molecule has 5 atom stereocenters. The Kier molecular flexibility index (Phi) is 9.46. The number of hydrogen-bond donors (Lipinski definition) is 2. The molecule has 4 aliphatic rings. The van der Waals surface area contributed by atoms with Gasteiger partial charge in [0.15, 0.2) is 0 Å². The van der Waals surface area contributed by atoms with Gasteiger partial charge in [-0.2, -0.15) is 0 Å². The predicted octanol–water partition coefficient (Wildman–Crippen LogP) is 2.02. The number of nitrogens with one attached hydrogen (secondary N) is 1. The van der Waals surface area contributed by atoms with Gasteiger partial charge >= 0.3 is 0 Å². The van der Waals surface area contributed by atoms with Gasteiger partial charge < -0.3 is 20.1 Å². The molecule has 29 heavy (non-hydrogen) atoms. The second-order valence-electron chi connectivity index (χ2n) is 7.82. The Morgan fingerprint density at radius 1 is 1.38 bits per heavy atom. The molecule has 0 aromatic heterocycles. The van der Waals surface area contributed by atoms with Crippen LogP contribution < -0.4 is 5.32 Å². The molecule has 166 valence electrons. The molecule has 0 radical (unpaired) electrons. The summed E-state index contributed by atoms with van der Waals surface area (Å²) < 4.78 is 5.20. The summed E-state index contributed by atoms with van der Waals surface area (Å²) >= 11 is 1.81. The Balaban J connectivity index is 0.000000551. The number of aliphatic hydroxyl groups excluding tert-OH is 1. The average molecular weight is 428 g/mol. The van der Waals surface area contributed by atoms with Crippen LogP contribution in [0.4, 0.5) is 0 Å². The normalized spacial score (nSPS) is 33.4. The number of amides is 1. The van der Waals surface area contributed by atoms with Crippen molar-refractivity contribution in [2.75, 3.05) is 33.3 Å². The van der Waals surface area contributed by atoms with E-state index in [0.717, 1.165) is 23.8 Å². The monoisotopic (exact) mass is 427 g/mol. The van der Waals surface area contributed by atoms with Crippen molar-refractivity contribution >= 4 is 24.1 Å². The first-order valence-corrected chi connectivity index (χ1v) is 11.7. The lowest BCUT2D eigenvalue weighted by molar-refractivity contribution is -0.148. The van der Waals surface area contributed by atoms with Crippen molar-refractivity contribution in [2.45, 2.75) is 64.3 Å². The number of thioether (sulfide) groups is 1. The third kappa shape index (κ3) is 5.34. The first kappa shape index (κ1) is 24.2. The molecule has 3 fully saturated rings. The number of carbonyl (C=O) groups is 2. The van der Waals surface area contributed by atoms with Crippen molar-refractivity contribution in [3.8, 4) is 0 Å². The molecule has 0 aliphatic carbocycles. The van der Waals surface area contributed by atoms with Crippen molar-refractivity contribution < 1.29 is 19.4 Å². The molecule has 4 heterocycles. The predicted molar refractivity (Wildman–Crippen MR) is 116 cm³/mol. The van der Waals surface area contributed by atoms with Crippen LogP contribution in [0.25, 0.3) is 0 Å². The minimum atomic E-state index is 0.0655. The molecule has 0 aromatic carbocycles. The maximum absolute atomic E-state index is 11.9. The smallest absolute Gasteiger partial charge is 0.299 e. The molecule has 4 aliphatic heterocycles. The van der Waals surface area contributed by atoms with Crippen LogP contribution in [0, 0.1) is 11.8 Å². The summed E-state index contributed by atoms with van der Waals surface area (Å²) in [4.78, 5) is 27.9. The minimum absolute atomic E-state index is 0.0655. The summed E-state index contributed by atoms with van der Waals surface area (Å²) in [6.07, 6.45) is 2.98. The number of nitrogens with zero attached hydrogens (tertiary/aromatic N) is 2. The molecule has 3 saturated heterocycles. The minimum Gasteiger partial charge on any atom is -0.411 e. The molecule has 0 spiro atoms. The number of ether oxygens (including phenoxy) is 1. The highest BCUT2D eigenvalue weighted by atomic mass is 32.2. The standard InChI is InChI=1S/C17H25N3O3S.C2H6O.C2H6/c1-10-14-6-15(22)20(14)17(23-9-21)16(10)24-12-5-13(18-7-12)11-3-4-19(2)8-11;1-2-3;1-2/h9-14,18H,3-8H2,1-2H3;3H,2H2,1H3;1-2H3/t10?,11?,12?,13-,14?;;/m0../s1. The van der Waals surface area contributed by atoms with E-state index in [-0.39, 0.29) is 24.5 Å². The highest BCUT2D eigenvalue weighted by molar-refractivity contribution is 8.03. The van der Waals surface area contributed by atoms with Crippen LogP contribution in [0.15, 0.2) is 10.8 Å². The summed E-state index contributed by atoms with van der Waals surface area (Å²) in [6, 6.07) is 0.766. The SMILES string of the molecule is CC.CC1C(SC2CN[C@H](C3CCN(C)C3)C2)=C(OC=O)N2C(=O)CC12.CCO. The fourth-order valence-electron chi connectivity index (χ4n) is 4.57. The third-order valence-electron chi connectivity index (χ3n) is 5.98. The number of likely N-dealkylation sites (tertiary alicyclic amines) is 1. The van der Waals surface area contributed by atoms with Gasteiger partial charge in [0, 0.05) is 43.3 Å². The lowest BCUT2D eigenvalue weighted by atomic mass is 9.94. The molecule has 2 N–H and O–H groups in total. The van der Waals surface area contributed by atoms with Crippen LogP contribution in [-0.2, 0) is 14.3 Å². The van der Waals surface area contributed by atoms with Gasteiger partial charge in [0.25, 0.3) is 6.47 Å². The summed E-state index contributed by atoms with van der Waals surface area (Å²) in [5.74, 6) is 1.56. The zero-order chi connectivity index (χ0) is 21.6. The molecule has 0 aromatic rings. The number of aliphatic hydroxyl groups is 1. The largest absolute Gasteiger partial charge is 0.411 e. The van der Waals surface area contributed by atoms with Crippen molar-refractivity contribution in [1.29, 1.82) is 0 Å². The molecule has 4 rings (SSSR count). The molecule has 0 saturated carbocycles. The molecule has 1 amide bonds. The van der Waals surface area contributed by atoms with E-state index < -0.39 is 0 Å². The molecule has 4 unspecified atom stereocenters. The average Bonchev–Trinajstić information content (AvgIpc) is 3.38. The van der Waals surface area contributed by atoms with E-state index in [0.29, 0.717) is 30.1 Å². The molecule has 8 heteroatoms. The summed E-state index contributed by atoms with van der Waals surface area (Å²) in [5.41, 5.74) is 0. The number of fused-ring (bicyclic) bond motifs is 1. The Labute approximate surface area is 179 Å². The van der Waals surface area contributed by atoms with Gasteiger partial charge in [-0.3, -0.25) is 14.5 Å². The fourth-order valence-corrected chi connectivity index (χ4v) is 6.03. The van der Waals surface area contributed by atoms with Gasteiger partial charge in [-0.05, 0) is 39.3 Å². The van der Waals surface area contributed by atoms with Crippen LogP contribution >= 0.6 is 11.8 Å². The van der Waals surface area contributed by atoms with Crippen molar-refractivity contribution in [1.82, 2.24) is 15.1 Å². The van der Waals surface area contributed by atoms with Crippen LogP contribution in [0.5, 0.6) is 0 Å². The Hall–Kier alpha value is -1.09. The number of β-lactam (4-membered cyclic amide) rings is 1. The van der Waals surface area contributed by atoms with Gasteiger partial charge in [-0.15, -0.1) is 11.8 Å². The quantitative estimate of drug-likeness (QED) is 0.513. The van der Waals surface area contributed by atoms with Crippen LogP contribution in [0.1, 0.15) is 47.0 Å². The third-order valence-corrected chi connectivity index (χ3v) is 7.47. The lowest BCUT2D eigenvalue weighted by Gasteiger charge is -2.36. The van der Waals surface area contributed by atoms with Gasteiger partial charge in [0.2, 0.25) is 11.8 Å². The van der Waals surface area contributed by atoms with E-state index in [1.165, 1.54) is 19.5 Å². The van der Waals surface area contributed by atoms with E-state index in [1.54, 1.807) is 11.8 Å². The number of hydrogen-bond acceptors (Lipinski definition) is 7. The topological polar surface area (TPSA) is 82.1 Å². The van der Waals surface area contributed by atoms with Crippen molar-refractivity contribution in [3.63, 3.8) is 0 Å². The van der Waals surface area contributed by atoms with Gasteiger partial charge in [-0.25, -0.2) is 0 Å². The van der Waals surface area contributed by atoms with Crippen molar-refractivity contribution in [2.24, 2.45) is 11.8 Å². The van der Waals surface area contributed by atoms with E-state index in [4.69, 9.17) is 9.84 Å². The Morgan fingerprint density at radius 2 is 2.07 bits per heavy atom. The van der Waals surface area contributed by atoms with Crippen LogP contribution in [-0.4, -0.2) is 77.9 Å². The second-order valence-corrected chi connectivity index (χ2v) is 9.17.